The maximum Gasteiger partial charge on any atom is 0.326 e. The number of hydrogen-bond acceptors (Lipinski definition) is 2. The number of rotatable bonds is 3. The zero-order valence-corrected chi connectivity index (χ0v) is 11.4. The Bertz CT molecular complexity index is 518. The molecule has 0 spiro atoms. The lowest BCUT2D eigenvalue weighted by Gasteiger charge is -2.34. The van der Waals surface area contributed by atoms with Crippen LogP contribution in [-0.2, 0) is 9.59 Å². The maximum absolute atomic E-state index is 13.7. The summed E-state index contributed by atoms with van der Waals surface area (Å²) in [6.07, 6.45) is 2.05. The third kappa shape index (κ3) is 2.81. The van der Waals surface area contributed by atoms with E-state index in [1.165, 1.54) is 11.0 Å². The first-order valence-electron chi connectivity index (χ1n) is 6.80. The average Bonchev–Trinajstić information content (AvgIpc) is 2.46. The molecule has 1 N–H and O–H groups in total. The minimum absolute atomic E-state index is 0.312. The maximum atomic E-state index is 13.7. The second kappa shape index (κ2) is 6.03. The normalized spacial score (nSPS) is 20.5. The molecule has 1 aliphatic rings. The number of halogens is 1. The summed E-state index contributed by atoms with van der Waals surface area (Å²) in [7, 11) is 0. The van der Waals surface area contributed by atoms with Crippen molar-refractivity contribution in [2.45, 2.75) is 38.1 Å². The van der Waals surface area contributed by atoms with E-state index >= 15 is 0 Å². The summed E-state index contributed by atoms with van der Waals surface area (Å²) in [5.74, 6) is -2.41. The van der Waals surface area contributed by atoms with Gasteiger partial charge in [-0.1, -0.05) is 18.2 Å². The lowest BCUT2D eigenvalue weighted by atomic mass is 9.95. The number of carbonyl (C=O) groups excluding carboxylic acids is 1. The summed E-state index contributed by atoms with van der Waals surface area (Å²) in [4.78, 5) is 25.1. The summed E-state index contributed by atoms with van der Waals surface area (Å²) < 4.78 is 13.7. The fraction of sp³-hybridized carbons (Fsp3) is 0.467. The van der Waals surface area contributed by atoms with E-state index in [1.54, 1.807) is 25.1 Å². The molecule has 1 amide bonds. The zero-order chi connectivity index (χ0) is 14.7. The highest BCUT2D eigenvalue weighted by Gasteiger charge is 2.34. The van der Waals surface area contributed by atoms with Crippen LogP contribution in [0.25, 0.3) is 0 Å². The molecule has 5 heteroatoms. The van der Waals surface area contributed by atoms with Crippen LogP contribution >= 0.6 is 0 Å². The van der Waals surface area contributed by atoms with Gasteiger partial charge in [0.15, 0.2) is 0 Å². The molecular formula is C15H18FNO3. The van der Waals surface area contributed by atoms with Crippen molar-refractivity contribution < 1.29 is 19.1 Å². The summed E-state index contributed by atoms with van der Waals surface area (Å²) in [5.41, 5.74) is 0.312. The molecule has 1 aromatic carbocycles. The highest BCUT2D eigenvalue weighted by atomic mass is 19.1. The van der Waals surface area contributed by atoms with Crippen LogP contribution in [0.15, 0.2) is 24.3 Å². The number of carboxylic acids is 1. The molecule has 0 unspecified atom stereocenters. The Morgan fingerprint density at radius 1 is 1.35 bits per heavy atom. The van der Waals surface area contributed by atoms with Gasteiger partial charge < -0.3 is 10.0 Å². The number of aliphatic carboxylic acids is 1. The van der Waals surface area contributed by atoms with Gasteiger partial charge in [-0.15, -0.1) is 0 Å². The van der Waals surface area contributed by atoms with Gasteiger partial charge in [0.25, 0.3) is 0 Å². The Morgan fingerprint density at radius 3 is 2.70 bits per heavy atom. The molecule has 108 valence electrons. The third-order valence-electron chi connectivity index (χ3n) is 3.81. The molecule has 1 aromatic rings. The van der Waals surface area contributed by atoms with Crippen LogP contribution in [0.1, 0.15) is 37.7 Å². The fourth-order valence-corrected chi connectivity index (χ4v) is 2.66. The van der Waals surface area contributed by atoms with Crippen molar-refractivity contribution in [2.24, 2.45) is 0 Å². The third-order valence-corrected chi connectivity index (χ3v) is 3.81. The number of carboxylic acid groups (broad SMARTS) is 1. The number of benzene rings is 1. The largest absolute Gasteiger partial charge is 0.480 e. The van der Waals surface area contributed by atoms with Gasteiger partial charge in [0, 0.05) is 6.54 Å². The summed E-state index contributed by atoms with van der Waals surface area (Å²) in [5, 5.41) is 9.20. The number of amides is 1. The quantitative estimate of drug-likeness (QED) is 0.924. The van der Waals surface area contributed by atoms with Gasteiger partial charge in [-0.3, -0.25) is 4.79 Å². The van der Waals surface area contributed by atoms with Crippen molar-refractivity contribution >= 4 is 11.9 Å². The molecular weight excluding hydrogens is 261 g/mol. The van der Waals surface area contributed by atoms with Gasteiger partial charge in [-0.25, -0.2) is 9.18 Å². The standard InChI is InChI=1S/C15H18FNO3/c1-10(11-6-2-3-7-12(11)16)14(18)17-9-5-4-8-13(17)15(19)20/h2-3,6-7,10,13H,4-5,8-9H2,1H3,(H,19,20)/t10-,13+/m1/s1. The van der Waals surface area contributed by atoms with Crippen LogP contribution in [0.2, 0.25) is 0 Å². The minimum atomic E-state index is -0.987. The Kier molecular flexibility index (Phi) is 4.37. The van der Waals surface area contributed by atoms with Gasteiger partial charge in [-0.05, 0) is 37.8 Å². The van der Waals surface area contributed by atoms with Gasteiger partial charge >= 0.3 is 5.97 Å². The molecule has 1 fully saturated rings. The Morgan fingerprint density at radius 2 is 2.05 bits per heavy atom. The molecule has 0 aromatic heterocycles. The number of carbonyl (C=O) groups is 2. The average molecular weight is 279 g/mol. The Balaban J connectivity index is 2.21. The zero-order valence-electron chi connectivity index (χ0n) is 11.4. The molecule has 1 heterocycles. The van der Waals surface area contributed by atoms with Crippen LogP contribution < -0.4 is 0 Å². The van der Waals surface area contributed by atoms with Gasteiger partial charge in [-0.2, -0.15) is 0 Å². The number of likely N-dealkylation sites (tertiary alicyclic amines) is 1. The van der Waals surface area contributed by atoms with Crippen LogP contribution in [0, 0.1) is 5.82 Å². The first kappa shape index (κ1) is 14.5. The van der Waals surface area contributed by atoms with Crippen LogP contribution in [0.4, 0.5) is 4.39 Å². The monoisotopic (exact) mass is 279 g/mol. The van der Waals surface area contributed by atoms with E-state index in [0.717, 1.165) is 12.8 Å². The molecule has 4 nitrogen and oxygen atoms in total. The number of nitrogens with zero attached hydrogens (tertiary/aromatic N) is 1. The van der Waals surface area contributed by atoms with E-state index in [9.17, 15) is 19.1 Å². The second-order valence-electron chi connectivity index (χ2n) is 5.12. The van der Waals surface area contributed by atoms with Crippen molar-refractivity contribution in [3.05, 3.63) is 35.6 Å². The van der Waals surface area contributed by atoms with Gasteiger partial charge in [0.1, 0.15) is 11.9 Å². The Labute approximate surface area is 117 Å². The van der Waals surface area contributed by atoms with E-state index in [1.807, 2.05) is 0 Å². The van der Waals surface area contributed by atoms with Crippen molar-refractivity contribution in [1.82, 2.24) is 4.90 Å². The highest BCUT2D eigenvalue weighted by molar-refractivity contribution is 5.88. The summed E-state index contributed by atoms with van der Waals surface area (Å²) in [6.45, 7) is 2.04. The Hall–Kier alpha value is -1.91. The van der Waals surface area contributed by atoms with Crippen molar-refractivity contribution in [3.8, 4) is 0 Å². The topological polar surface area (TPSA) is 57.6 Å². The lowest BCUT2D eigenvalue weighted by Crippen LogP contribution is -2.49. The molecule has 0 radical (unpaired) electrons. The van der Waals surface area contributed by atoms with Crippen molar-refractivity contribution in [2.75, 3.05) is 6.54 Å². The van der Waals surface area contributed by atoms with E-state index in [0.29, 0.717) is 18.5 Å². The molecule has 0 aliphatic carbocycles. The van der Waals surface area contributed by atoms with Crippen LogP contribution in [0.5, 0.6) is 0 Å². The van der Waals surface area contributed by atoms with E-state index < -0.39 is 23.7 Å². The molecule has 1 saturated heterocycles. The van der Waals surface area contributed by atoms with Crippen LogP contribution in [-0.4, -0.2) is 34.5 Å². The SMILES string of the molecule is C[C@@H](C(=O)N1CCCC[C@H]1C(=O)O)c1ccccc1F. The smallest absolute Gasteiger partial charge is 0.326 e. The molecule has 1 aliphatic heterocycles. The number of piperidine rings is 1. The van der Waals surface area contributed by atoms with Crippen molar-refractivity contribution in [1.29, 1.82) is 0 Å². The van der Waals surface area contributed by atoms with Crippen molar-refractivity contribution in [3.63, 3.8) is 0 Å². The predicted molar refractivity (Wildman–Crippen MR) is 71.8 cm³/mol. The summed E-state index contributed by atoms with van der Waals surface area (Å²) in [6, 6.07) is 5.33. The second-order valence-corrected chi connectivity index (χ2v) is 5.12. The molecule has 0 bridgehead atoms. The lowest BCUT2D eigenvalue weighted by molar-refractivity contribution is -0.152. The molecule has 20 heavy (non-hydrogen) atoms. The summed E-state index contributed by atoms with van der Waals surface area (Å²) >= 11 is 0. The van der Waals surface area contributed by atoms with E-state index in [-0.39, 0.29) is 5.91 Å². The molecule has 2 atom stereocenters. The van der Waals surface area contributed by atoms with E-state index in [2.05, 4.69) is 0 Å². The minimum Gasteiger partial charge on any atom is -0.480 e. The van der Waals surface area contributed by atoms with Gasteiger partial charge in [0.05, 0.1) is 5.92 Å². The first-order chi connectivity index (χ1) is 9.52. The van der Waals surface area contributed by atoms with E-state index in [4.69, 9.17) is 0 Å². The first-order valence-corrected chi connectivity index (χ1v) is 6.80. The highest BCUT2D eigenvalue weighted by Crippen LogP contribution is 2.25. The predicted octanol–water partition coefficient (Wildman–Crippen LogP) is 2.39. The van der Waals surface area contributed by atoms with Crippen LogP contribution in [0.3, 0.4) is 0 Å². The molecule has 0 saturated carbocycles. The van der Waals surface area contributed by atoms with Gasteiger partial charge in [0.2, 0.25) is 5.91 Å². The number of hydrogen-bond donors (Lipinski definition) is 1. The fourth-order valence-electron chi connectivity index (χ4n) is 2.66. The molecule has 2 rings (SSSR count).